The second kappa shape index (κ2) is 8.14. The first-order valence-electron chi connectivity index (χ1n) is 8.88. The van der Waals surface area contributed by atoms with Crippen molar-refractivity contribution in [2.45, 2.75) is 58.3 Å². The number of carbonyl (C=O) groups is 1. The van der Waals surface area contributed by atoms with Gasteiger partial charge >= 0.3 is 0 Å². The molecule has 0 unspecified atom stereocenters. The molecule has 2 fully saturated rings. The number of carbonyl (C=O) groups excluding carboxylic acids is 1. The standard InChI is InChI=1S/C17H33N3O/c1-2-19-13-15-6-10-20(11-7-15)16(21)12-17(14-18)8-4-3-5-9-17/h15,19H,2-14,18H2,1H3. The van der Waals surface area contributed by atoms with Crippen LogP contribution in [0.5, 0.6) is 0 Å². The summed E-state index contributed by atoms with van der Waals surface area (Å²) < 4.78 is 0. The van der Waals surface area contributed by atoms with E-state index in [-0.39, 0.29) is 5.41 Å². The quantitative estimate of drug-likeness (QED) is 0.789. The maximum absolute atomic E-state index is 12.6. The molecule has 1 saturated heterocycles. The summed E-state index contributed by atoms with van der Waals surface area (Å²) >= 11 is 0. The maximum Gasteiger partial charge on any atom is 0.223 e. The van der Waals surface area contributed by atoms with Crippen LogP contribution in [0.25, 0.3) is 0 Å². The van der Waals surface area contributed by atoms with Crippen LogP contribution in [-0.4, -0.2) is 43.5 Å². The third-order valence-corrected chi connectivity index (χ3v) is 5.52. The monoisotopic (exact) mass is 295 g/mol. The van der Waals surface area contributed by atoms with Gasteiger partial charge in [0.1, 0.15) is 0 Å². The Kier molecular flexibility index (Phi) is 6.49. The van der Waals surface area contributed by atoms with Crippen molar-refractivity contribution in [2.75, 3.05) is 32.7 Å². The summed E-state index contributed by atoms with van der Waals surface area (Å²) in [6.07, 6.45) is 9.07. The fraction of sp³-hybridized carbons (Fsp3) is 0.941. The van der Waals surface area contributed by atoms with Gasteiger partial charge in [-0.2, -0.15) is 0 Å². The number of rotatable bonds is 6. The third kappa shape index (κ3) is 4.68. The van der Waals surface area contributed by atoms with E-state index in [0.717, 1.165) is 57.8 Å². The molecule has 1 heterocycles. The van der Waals surface area contributed by atoms with E-state index < -0.39 is 0 Å². The number of amides is 1. The molecule has 0 aromatic carbocycles. The normalized spacial score (nSPS) is 23.2. The van der Waals surface area contributed by atoms with E-state index in [9.17, 15) is 4.79 Å². The molecule has 0 atom stereocenters. The smallest absolute Gasteiger partial charge is 0.223 e. The van der Waals surface area contributed by atoms with Crippen LogP contribution in [0.1, 0.15) is 58.3 Å². The summed E-state index contributed by atoms with van der Waals surface area (Å²) in [5, 5.41) is 3.42. The lowest BCUT2D eigenvalue weighted by atomic mass is 9.71. The summed E-state index contributed by atoms with van der Waals surface area (Å²) in [6.45, 7) is 6.85. The topological polar surface area (TPSA) is 58.4 Å². The molecule has 0 bridgehead atoms. The predicted molar refractivity (Wildman–Crippen MR) is 87.0 cm³/mol. The van der Waals surface area contributed by atoms with Crippen LogP contribution >= 0.6 is 0 Å². The molecule has 2 aliphatic rings. The Bertz CT molecular complexity index is 318. The first-order chi connectivity index (χ1) is 10.2. The molecule has 0 radical (unpaired) electrons. The highest BCUT2D eigenvalue weighted by molar-refractivity contribution is 5.77. The molecule has 2 rings (SSSR count). The number of piperidine rings is 1. The first kappa shape index (κ1) is 16.8. The molecule has 1 amide bonds. The largest absolute Gasteiger partial charge is 0.343 e. The number of likely N-dealkylation sites (tertiary alicyclic amines) is 1. The number of hydrogen-bond donors (Lipinski definition) is 2. The molecule has 122 valence electrons. The Morgan fingerprint density at radius 1 is 1.24 bits per heavy atom. The average Bonchev–Trinajstić information content (AvgIpc) is 2.54. The highest BCUT2D eigenvalue weighted by Crippen LogP contribution is 2.39. The van der Waals surface area contributed by atoms with Gasteiger partial charge in [-0.05, 0) is 56.7 Å². The van der Waals surface area contributed by atoms with Crippen molar-refractivity contribution in [1.29, 1.82) is 0 Å². The van der Waals surface area contributed by atoms with Gasteiger partial charge < -0.3 is 16.0 Å². The third-order valence-electron chi connectivity index (χ3n) is 5.52. The van der Waals surface area contributed by atoms with Gasteiger partial charge in [0, 0.05) is 19.5 Å². The van der Waals surface area contributed by atoms with Crippen molar-refractivity contribution in [1.82, 2.24) is 10.2 Å². The van der Waals surface area contributed by atoms with E-state index in [0.29, 0.717) is 18.9 Å². The molecule has 1 aliphatic heterocycles. The lowest BCUT2D eigenvalue weighted by Crippen LogP contribution is -2.44. The molecule has 4 heteroatoms. The Morgan fingerprint density at radius 2 is 1.90 bits per heavy atom. The average molecular weight is 295 g/mol. The SMILES string of the molecule is CCNCC1CCN(C(=O)CC2(CN)CCCCC2)CC1. The minimum absolute atomic E-state index is 0.107. The minimum atomic E-state index is 0.107. The van der Waals surface area contributed by atoms with E-state index >= 15 is 0 Å². The van der Waals surface area contributed by atoms with Gasteiger partial charge in [-0.25, -0.2) is 0 Å². The summed E-state index contributed by atoms with van der Waals surface area (Å²) in [5.74, 6) is 1.09. The van der Waals surface area contributed by atoms with E-state index in [1.54, 1.807) is 0 Å². The molecule has 21 heavy (non-hydrogen) atoms. The Labute approximate surface area is 129 Å². The summed E-state index contributed by atoms with van der Waals surface area (Å²) in [5.41, 5.74) is 6.12. The molecule has 3 N–H and O–H groups in total. The van der Waals surface area contributed by atoms with Crippen LogP contribution in [0.15, 0.2) is 0 Å². The molecule has 1 aliphatic carbocycles. The van der Waals surface area contributed by atoms with Crippen molar-refractivity contribution >= 4 is 5.91 Å². The molecule has 0 aromatic rings. The van der Waals surface area contributed by atoms with Crippen LogP contribution in [0.2, 0.25) is 0 Å². The van der Waals surface area contributed by atoms with Gasteiger partial charge in [-0.15, -0.1) is 0 Å². The van der Waals surface area contributed by atoms with Crippen LogP contribution in [0, 0.1) is 11.3 Å². The fourth-order valence-electron chi connectivity index (χ4n) is 3.92. The lowest BCUT2D eigenvalue weighted by molar-refractivity contribution is -0.135. The van der Waals surface area contributed by atoms with E-state index in [4.69, 9.17) is 5.73 Å². The Morgan fingerprint density at radius 3 is 2.48 bits per heavy atom. The summed E-state index contributed by atoms with van der Waals surface area (Å²) in [4.78, 5) is 14.7. The zero-order valence-corrected chi connectivity index (χ0v) is 13.7. The summed E-state index contributed by atoms with van der Waals surface area (Å²) in [7, 11) is 0. The maximum atomic E-state index is 12.6. The highest BCUT2D eigenvalue weighted by atomic mass is 16.2. The minimum Gasteiger partial charge on any atom is -0.343 e. The second-order valence-corrected chi connectivity index (χ2v) is 7.07. The molecular weight excluding hydrogens is 262 g/mol. The fourth-order valence-corrected chi connectivity index (χ4v) is 3.92. The van der Waals surface area contributed by atoms with Gasteiger partial charge in [-0.1, -0.05) is 26.2 Å². The van der Waals surface area contributed by atoms with Crippen LogP contribution < -0.4 is 11.1 Å². The van der Waals surface area contributed by atoms with Crippen molar-refractivity contribution in [3.63, 3.8) is 0 Å². The number of nitrogens with zero attached hydrogens (tertiary/aromatic N) is 1. The molecular formula is C17H33N3O. The number of hydrogen-bond acceptors (Lipinski definition) is 3. The first-order valence-corrected chi connectivity index (χ1v) is 8.88. The number of nitrogens with one attached hydrogen (secondary N) is 1. The zero-order chi connectivity index (χ0) is 15.1. The lowest BCUT2D eigenvalue weighted by Gasteiger charge is -2.39. The van der Waals surface area contributed by atoms with E-state index in [1.165, 1.54) is 19.3 Å². The van der Waals surface area contributed by atoms with Gasteiger partial charge in [0.2, 0.25) is 5.91 Å². The predicted octanol–water partition coefficient (Wildman–Crippen LogP) is 2.13. The summed E-state index contributed by atoms with van der Waals surface area (Å²) in [6, 6.07) is 0. The van der Waals surface area contributed by atoms with E-state index in [1.807, 2.05) is 0 Å². The van der Waals surface area contributed by atoms with Gasteiger partial charge in [0.25, 0.3) is 0 Å². The van der Waals surface area contributed by atoms with Crippen molar-refractivity contribution in [3.05, 3.63) is 0 Å². The van der Waals surface area contributed by atoms with Crippen LogP contribution in [-0.2, 0) is 4.79 Å². The van der Waals surface area contributed by atoms with Crippen molar-refractivity contribution < 1.29 is 4.79 Å². The number of nitrogens with two attached hydrogens (primary N) is 1. The second-order valence-electron chi connectivity index (χ2n) is 7.07. The molecule has 4 nitrogen and oxygen atoms in total. The zero-order valence-electron chi connectivity index (χ0n) is 13.7. The van der Waals surface area contributed by atoms with Gasteiger partial charge in [0.15, 0.2) is 0 Å². The van der Waals surface area contributed by atoms with Crippen molar-refractivity contribution in [2.24, 2.45) is 17.1 Å². The van der Waals surface area contributed by atoms with Gasteiger partial charge in [-0.3, -0.25) is 4.79 Å². The van der Waals surface area contributed by atoms with Crippen LogP contribution in [0.4, 0.5) is 0 Å². The molecule has 0 aromatic heterocycles. The molecule has 1 saturated carbocycles. The molecule has 0 spiro atoms. The van der Waals surface area contributed by atoms with Crippen LogP contribution in [0.3, 0.4) is 0 Å². The van der Waals surface area contributed by atoms with Gasteiger partial charge in [0.05, 0.1) is 0 Å². The van der Waals surface area contributed by atoms with E-state index in [2.05, 4.69) is 17.1 Å². The van der Waals surface area contributed by atoms with Crippen molar-refractivity contribution in [3.8, 4) is 0 Å². The highest BCUT2D eigenvalue weighted by Gasteiger charge is 2.35. The Balaban J connectivity index is 1.78. The Hall–Kier alpha value is -0.610.